The number of carbonyl (C=O) groups is 1. The van der Waals surface area contributed by atoms with Crippen LogP contribution in [0.3, 0.4) is 0 Å². The molecule has 1 fully saturated rings. The zero-order valence-corrected chi connectivity index (χ0v) is 17.1. The van der Waals surface area contributed by atoms with Crippen LogP contribution in [-0.2, 0) is 4.79 Å². The van der Waals surface area contributed by atoms with Gasteiger partial charge in [-0.05, 0) is 36.6 Å². The van der Waals surface area contributed by atoms with Crippen LogP contribution in [-0.4, -0.2) is 50.8 Å². The number of likely N-dealkylation sites (tertiary alicyclic amines) is 1. The Bertz CT molecular complexity index is 1210. The number of nitrogens with two attached hydrogens (primary N) is 1. The highest BCUT2D eigenvalue weighted by molar-refractivity contribution is 6.30. The number of aromatic nitrogens is 4. The zero-order valence-electron chi connectivity index (χ0n) is 16.3. The number of nitrogens with zero attached hydrogens (tertiary/aromatic N) is 5. The van der Waals surface area contributed by atoms with Gasteiger partial charge in [0.15, 0.2) is 5.65 Å². The molecule has 3 heterocycles. The summed E-state index contributed by atoms with van der Waals surface area (Å²) in [7, 11) is 1.57. The molecule has 9 heteroatoms. The molecule has 8 nitrogen and oxygen atoms in total. The van der Waals surface area contributed by atoms with Gasteiger partial charge in [0, 0.05) is 23.7 Å². The van der Waals surface area contributed by atoms with Gasteiger partial charge >= 0.3 is 0 Å². The number of ether oxygens (including phenoxy) is 1. The lowest BCUT2D eigenvalue weighted by atomic mass is 10.2. The van der Waals surface area contributed by atoms with Crippen LogP contribution in [0.4, 0.5) is 5.82 Å². The second-order valence-corrected chi connectivity index (χ2v) is 7.25. The van der Waals surface area contributed by atoms with E-state index in [4.69, 9.17) is 22.1 Å². The minimum Gasteiger partial charge on any atom is -0.497 e. The summed E-state index contributed by atoms with van der Waals surface area (Å²) in [4.78, 5) is 22.1. The Balaban J connectivity index is 1.75. The summed E-state index contributed by atoms with van der Waals surface area (Å²) in [5, 5.41) is 5.78. The number of hydrogen-bond acceptors (Lipinski definition) is 6. The number of fused-ring (bicyclic) bond motifs is 1. The van der Waals surface area contributed by atoms with Crippen molar-refractivity contribution in [1.29, 1.82) is 0 Å². The Kier molecular flexibility index (Phi) is 5.29. The van der Waals surface area contributed by atoms with Crippen LogP contribution in [0.1, 0.15) is 23.7 Å². The lowest BCUT2D eigenvalue weighted by molar-refractivity contribution is -0.125. The van der Waals surface area contributed by atoms with E-state index in [9.17, 15) is 4.79 Å². The Morgan fingerprint density at radius 2 is 2.20 bits per heavy atom. The quantitative estimate of drug-likeness (QED) is 0.514. The molecule has 30 heavy (non-hydrogen) atoms. The van der Waals surface area contributed by atoms with E-state index in [1.807, 2.05) is 0 Å². The highest BCUT2D eigenvalue weighted by atomic mass is 35.5. The Morgan fingerprint density at radius 3 is 2.97 bits per heavy atom. The van der Waals surface area contributed by atoms with E-state index in [2.05, 4.69) is 33.5 Å². The van der Waals surface area contributed by atoms with Crippen LogP contribution in [0.5, 0.6) is 5.75 Å². The fourth-order valence-electron chi connectivity index (χ4n) is 3.49. The first-order valence-corrected chi connectivity index (χ1v) is 9.64. The minimum absolute atomic E-state index is 0.0347. The van der Waals surface area contributed by atoms with Crippen molar-refractivity contribution in [2.75, 3.05) is 25.9 Å². The number of methoxy groups -OCH3 is 1. The second kappa shape index (κ2) is 8.05. The number of carbonyl (C=O) groups excluding carboxylic acids is 1. The Hall–Kier alpha value is -3.57. The smallest absolute Gasteiger partial charge is 0.246 e. The summed E-state index contributed by atoms with van der Waals surface area (Å²) < 4.78 is 7.02. The van der Waals surface area contributed by atoms with Gasteiger partial charge in [0.05, 0.1) is 18.5 Å². The van der Waals surface area contributed by atoms with E-state index < -0.39 is 0 Å². The molecule has 152 valence electrons. The standard InChI is InChI=1S/C21H19ClN6O2/c1-3-18(29)27-7-6-15(11-27)28-21-19(20(23)24-12-25-21)17(26-28)5-4-13-8-14(22)10-16(9-13)30-2/h3,8-10,12,15H,1,6-7,11H2,2H3,(H2,23,24,25)/t15-/m0/s1. The molecule has 0 aliphatic carbocycles. The fraction of sp³-hybridized carbons (Fsp3) is 0.238. The molecular weight excluding hydrogens is 404 g/mol. The topological polar surface area (TPSA) is 99.2 Å². The lowest BCUT2D eigenvalue weighted by Crippen LogP contribution is -2.27. The number of rotatable bonds is 3. The maximum Gasteiger partial charge on any atom is 0.246 e. The van der Waals surface area contributed by atoms with Crippen molar-refractivity contribution in [2.45, 2.75) is 12.5 Å². The Labute approximate surface area is 178 Å². The van der Waals surface area contributed by atoms with E-state index in [1.54, 1.807) is 34.9 Å². The van der Waals surface area contributed by atoms with Crippen molar-refractivity contribution in [3.05, 3.63) is 53.5 Å². The molecule has 0 radical (unpaired) electrons. The summed E-state index contributed by atoms with van der Waals surface area (Å²) in [5.41, 5.74) is 7.85. The van der Waals surface area contributed by atoms with Crippen LogP contribution in [0, 0.1) is 11.8 Å². The van der Waals surface area contributed by atoms with Crippen LogP contribution >= 0.6 is 11.6 Å². The van der Waals surface area contributed by atoms with Gasteiger partial charge in [-0.25, -0.2) is 14.6 Å². The molecule has 0 unspecified atom stereocenters. The van der Waals surface area contributed by atoms with Crippen LogP contribution in [0.2, 0.25) is 5.02 Å². The number of nitrogen functional groups attached to an aromatic ring is 1. The predicted octanol–water partition coefficient (Wildman–Crippen LogP) is 2.43. The number of halogens is 1. The lowest BCUT2D eigenvalue weighted by Gasteiger charge is -2.14. The van der Waals surface area contributed by atoms with E-state index in [0.29, 0.717) is 52.0 Å². The largest absolute Gasteiger partial charge is 0.497 e. The van der Waals surface area contributed by atoms with Gasteiger partial charge < -0.3 is 15.4 Å². The van der Waals surface area contributed by atoms with E-state index in [1.165, 1.54) is 12.4 Å². The molecule has 1 aliphatic rings. The fourth-order valence-corrected chi connectivity index (χ4v) is 3.72. The summed E-state index contributed by atoms with van der Waals surface area (Å²) >= 11 is 6.13. The number of amides is 1. The summed E-state index contributed by atoms with van der Waals surface area (Å²) in [6.07, 6.45) is 3.47. The molecule has 0 bridgehead atoms. The molecule has 4 rings (SSSR count). The van der Waals surface area contributed by atoms with Crippen molar-refractivity contribution in [3.63, 3.8) is 0 Å². The van der Waals surface area contributed by atoms with Gasteiger partial charge in [0.1, 0.15) is 23.6 Å². The molecule has 1 aliphatic heterocycles. The molecule has 3 aromatic rings. The van der Waals surface area contributed by atoms with E-state index in [-0.39, 0.29) is 11.9 Å². The maximum absolute atomic E-state index is 11.9. The average Bonchev–Trinajstić information content (AvgIpc) is 3.37. The first kappa shape index (κ1) is 19.7. The van der Waals surface area contributed by atoms with Crippen molar-refractivity contribution in [2.24, 2.45) is 0 Å². The monoisotopic (exact) mass is 422 g/mol. The third-order valence-corrected chi connectivity index (χ3v) is 5.16. The van der Waals surface area contributed by atoms with Gasteiger partial charge in [-0.1, -0.05) is 24.1 Å². The number of hydrogen-bond donors (Lipinski definition) is 1. The minimum atomic E-state index is -0.0991. The van der Waals surface area contributed by atoms with Crippen molar-refractivity contribution < 1.29 is 9.53 Å². The van der Waals surface area contributed by atoms with Gasteiger partial charge in [0.25, 0.3) is 0 Å². The summed E-state index contributed by atoms with van der Waals surface area (Å²) in [6.45, 7) is 4.70. The molecular formula is C21H19ClN6O2. The third-order valence-electron chi connectivity index (χ3n) is 4.95. The van der Waals surface area contributed by atoms with Gasteiger partial charge in [-0.2, -0.15) is 5.10 Å². The zero-order chi connectivity index (χ0) is 21.3. The third kappa shape index (κ3) is 3.67. The summed E-state index contributed by atoms with van der Waals surface area (Å²) in [5.74, 6) is 6.93. The highest BCUT2D eigenvalue weighted by Crippen LogP contribution is 2.28. The van der Waals surface area contributed by atoms with Crippen molar-refractivity contribution in [1.82, 2.24) is 24.6 Å². The second-order valence-electron chi connectivity index (χ2n) is 6.81. The van der Waals surface area contributed by atoms with Crippen LogP contribution in [0.15, 0.2) is 37.2 Å². The number of anilines is 1. The van der Waals surface area contributed by atoms with Gasteiger partial charge in [0.2, 0.25) is 5.91 Å². The first-order chi connectivity index (χ1) is 14.5. The summed E-state index contributed by atoms with van der Waals surface area (Å²) in [6, 6.07) is 5.20. The average molecular weight is 423 g/mol. The molecule has 1 atom stereocenters. The molecule has 1 amide bonds. The van der Waals surface area contributed by atoms with Gasteiger partial charge in [-0.15, -0.1) is 0 Å². The molecule has 0 spiro atoms. The molecule has 0 saturated carbocycles. The highest BCUT2D eigenvalue weighted by Gasteiger charge is 2.29. The normalized spacial score (nSPS) is 15.7. The molecule has 1 saturated heterocycles. The molecule has 2 aromatic heterocycles. The van der Waals surface area contributed by atoms with Crippen molar-refractivity contribution >= 4 is 34.4 Å². The van der Waals surface area contributed by atoms with Crippen LogP contribution in [0.25, 0.3) is 11.0 Å². The molecule has 1 aromatic carbocycles. The van der Waals surface area contributed by atoms with E-state index in [0.717, 1.165) is 6.42 Å². The van der Waals surface area contributed by atoms with Crippen LogP contribution < -0.4 is 10.5 Å². The van der Waals surface area contributed by atoms with Gasteiger partial charge in [-0.3, -0.25) is 4.79 Å². The number of benzene rings is 1. The predicted molar refractivity (Wildman–Crippen MR) is 114 cm³/mol. The maximum atomic E-state index is 11.9. The SMILES string of the molecule is C=CC(=O)N1CC[C@H](n2nc(C#Cc3cc(Cl)cc(OC)c3)c3c(N)ncnc32)C1. The van der Waals surface area contributed by atoms with Crippen molar-refractivity contribution in [3.8, 4) is 17.6 Å². The van der Waals surface area contributed by atoms with E-state index >= 15 is 0 Å². The first-order valence-electron chi connectivity index (χ1n) is 9.26. The Morgan fingerprint density at radius 1 is 1.37 bits per heavy atom. The molecule has 2 N–H and O–H groups in total.